The molecule has 0 spiro atoms. The van der Waals surface area contributed by atoms with Gasteiger partial charge in [0.25, 0.3) is 0 Å². The molecule has 2 nitrogen and oxygen atoms in total. The van der Waals surface area contributed by atoms with Crippen LogP contribution in [0.25, 0.3) is 0 Å². The van der Waals surface area contributed by atoms with E-state index in [1.165, 1.54) is 18.4 Å². The Hall–Kier alpha value is -0.570. The maximum absolute atomic E-state index is 6.25. The Balaban J connectivity index is 1.95. The lowest BCUT2D eigenvalue weighted by atomic mass is 9.85. The summed E-state index contributed by atoms with van der Waals surface area (Å²) in [6, 6.07) is 8.75. The van der Waals surface area contributed by atoms with E-state index in [9.17, 15) is 0 Å². The van der Waals surface area contributed by atoms with Crippen molar-refractivity contribution in [2.75, 3.05) is 20.6 Å². The third kappa shape index (κ3) is 3.55. The zero-order valence-corrected chi connectivity index (χ0v) is 13.9. The minimum absolute atomic E-state index is 0.407. The summed E-state index contributed by atoms with van der Waals surface area (Å²) in [6.45, 7) is 6.80. The molecule has 0 aliphatic heterocycles. The van der Waals surface area contributed by atoms with E-state index < -0.39 is 0 Å². The van der Waals surface area contributed by atoms with E-state index in [1.54, 1.807) is 0 Å². The summed E-state index contributed by atoms with van der Waals surface area (Å²) < 4.78 is 0. The SMILES string of the molecule is CNC1C(CN(C)Cc2ccccc2Cl)CCC1(C)C. The van der Waals surface area contributed by atoms with Crippen LogP contribution in [0, 0.1) is 11.3 Å². The molecule has 1 aliphatic carbocycles. The van der Waals surface area contributed by atoms with Crippen molar-refractivity contribution >= 4 is 11.6 Å². The van der Waals surface area contributed by atoms with Gasteiger partial charge in [0, 0.05) is 24.2 Å². The van der Waals surface area contributed by atoms with Crippen molar-refractivity contribution < 1.29 is 0 Å². The van der Waals surface area contributed by atoms with Crippen molar-refractivity contribution in [3.63, 3.8) is 0 Å². The van der Waals surface area contributed by atoms with E-state index in [0.717, 1.165) is 24.0 Å². The highest BCUT2D eigenvalue weighted by Crippen LogP contribution is 2.41. The molecule has 0 saturated heterocycles. The van der Waals surface area contributed by atoms with Gasteiger partial charge in [-0.2, -0.15) is 0 Å². The first-order valence-corrected chi connectivity index (χ1v) is 7.91. The lowest BCUT2D eigenvalue weighted by Gasteiger charge is -2.32. The lowest BCUT2D eigenvalue weighted by Crippen LogP contribution is -2.43. The maximum atomic E-state index is 6.25. The molecule has 2 rings (SSSR count). The molecule has 1 fully saturated rings. The fourth-order valence-corrected chi connectivity index (χ4v) is 3.92. The van der Waals surface area contributed by atoms with E-state index >= 15 is 0 Å². The van der Waals surface area contributed by atoms with Gasteiger partial charge in [0.05, 0.1) is 0 Å². The van der Waals surface area contributed by atoms with Gasteiger partial charge in [0.2, 0.25) is 0 Å². The van der Waals surface area contributed by atoms with Crippen LogP contribution in [0.15, 0.2) is 24.3 Å². The average Bonchev–Trinajstić information content (AvgIpc) is 2.66. The Bertz CT molecular complexity index is 444. The van der Waals surface area contributed by atoms with Gasteiger partial charge in [0.15, 0.2) is 0 Å². The van der Waals surface area contributed by atoms with Gasteiger partial charge < -0.3 is 10.2 Å². The Morgan fingerprint density at radius 1 is 1.35 bits per heavy atom. The van der Waals surface area contributed by atoms with Crippen LogP contribution >= 0.6 is 11.6 Å². The summed E-state index contributed by atoms with van der Waals surface area (Å²) in [6.07, 6.45) is 2.62. The van der Waals surface area contributed by atoms with Crippen molar-refractivity contribution in [1.29, 1.82) is 0 Å². The number of hydrogen-bond acceptors (Lipinski definition) is 2. The molecule has 1 N–H and O–H groups in total. The van der Waals surface area contributed by atoms with Crippen LogP contribution in [0.5, 0.6) is 0 Å². The third-order valence-electron chi connectivity index (χ3n) is 4.73. The van der Waals surface area contributed by atoms with Gasteiger partial charge in [0.1, 0.15) is 0 Å². The van der Waals surface area contributed by atoms with Crippen LogP contribution < -0.4 is 5.32 Å². The third-order valence-corrected chi connectivity index (χ3v) is 5.10. The molecule has 0 amide bonds. The van der Waals surface area contributed by atoms with E-state index in [4.69, 9.17) is 11.6 Å². The second-order valence-corrected chi connectivity index (χ2v) is 7.25. The van der Waals surface area contributed by atoms with Crippen molar-refractivity contribution in [2.24, 2.45) is 11.3 Å². The highest BCUT2D eigenvalue weighted by Gasteiger charge is 2.40. The molecule has 20 heavy (non-hydrogen) atoms. The molecule has 1 aromatic carbocycles. The topological polar surface area (TPSA) is 15.3 Å². The lowest BCUT2D eigenvalue weighted by molar-refractivity contribution is 0.207. The highest BCUT2D eigenvalue weighted by atomic mass is 35.5. The molecule has 112 valence electrons. The molecule has 0 bridgehead atoms. The van der Waals surface area contributed by atoms with Crippen LogP contribution in [-0.4, -0.2) is 31.6 Å². The van der Waals surface area contributed by atoms with Gasteiger partial charge in [-0.1, -0.05) is 43.6 Å². The van der Waals surface area contributed by atoms with Crippen molar-refractivity contribution in [2.45, 2.75) is 39.3 Å². The molecule has 1 saturated carbocycles. The number of hydrogen-bond donors (Lipinski definition) is 1. The summed E-state index contributed by atoms with van der Waals surface area (Å²) in [7, 11) is 4.29. The van der Waals surface area contributed by atoms with Crippen molar-refractivity contribution in [3.05, 3.63) is 34.9 Å². The second kappa shape index (κ2) is 6.46. The smallest absolute Gasteiger partial charge is 0.0451 e. The summed E-state index contributed by atoms with van der Waals surface area (Å²) in [5.74, 6) is 0.725. The first-order valence-electron chi connectivity index (χ1n) is 7.53. The molecule has 2 atom stereocenters. The fourth-order valence-electron chi connectivity index (χ4n) is 3.72. The van der Waals surface area contributed by atoms with Gasteiger partial charge >= 0.3 is 0 Å². The van der Waals surface area contributed by atoms with Crippen LogP contribution in [-0.2, 0) is 6.54 Å². The second-order valence-electron chi connectivity index (χ2n) is 6.84. The number of nitrogens with one attached hydrogen (secondary N) is 1. The Labute approximate surface area is 128 Å². The quantitative estimate of drug-likeness (QED) is 0.889. The van der Waals surface area contributed by atoms with E-state index in [1.807, 2.05) is 12.1 Å². The molecule has 2 unspecified atom stereocenters. The van der Waals surface area contributed by atoms with Crippen molar-refractivity contribution in [1.82, 2.24) is 10.2 Å². The number of rotatable bonds is 5. The van der Waals surface area contributed by atoms with Gasteiger partial charge in [-0.25, -0.2) is 0 Å². The normalized spacial score (nSPS) is 25.3. The summed E-state index contributed by atoms with van der Waals surface area (Å²) in [4.78, 5) is 2.40. The van der Waals surface area contributed by atoms with Gasteiger partial charge in [-0.05, 0) is 49.9 Å². The molecule has 0 heterocycles. The minimum Gasteiger partial charge on any atom is -0.316 e. The number of benzene rings is 1. The highest BCUT2D eigenvalue weighted by molar-refractivity contribution is 6.31. The predicted octanol–water partition coefficient (Wildman–Crippen LogP) is 3.80. The standard InChI is InChI=1S/C17H27ClN2/c1-17(2)10-9-14(16(17)19-3)12-20(4)11-13-7-5-6-8-15(13)18/h5-8,14,16,19H,9-12H2,1-4H3. The Kier molecular flexibility index (Phi) is 5.11. The molecule has 0 radical (unpaired) electrons. The van der Waals surface area contributed by atoms with Gasteiger partial charge in [-0.3, -0.25) is 0 Å². The fraction of sp³-hybridized carbons (Fsp3) is 0.647. The molecule has 1 aromatic rings. The first kappa shape index (κ1) is 15.8. The Morgan fingerprint density at radius 3 is 2.70 bits per heavy atom. The average molecular weight is 295 g/mol. The van der Waals surface area contributed by atoms with Crippen LogP contribution in [0.3, 0.4) is 0 Å². The minimum atomic E-state index is 0.407. The monoisotopic (exact) mass is 294 g/mol. The van der Waals surface area contributed by atoms with Crippen LogP contribution in [0.1, 0.15) is 32.3 Å². The van der Waals surface area contributed by atoms with Crippen LogP contribution in [0.2, 0.25) is 5.02 Å². The molecular formula is C17H27ClN2. The summed E-state index contributed by atoms with van der Waals surface area (Å²) in [5.41, 5.74) is 1.62. The van der Waals surface area contributed by atoms with Gasteiger partial charge in [-0.15, -0.1) is 0 Å². The molecule has 3 heteroatoms. The van der Waals surface area contributed by atoms with E-state index in [2.05, 4.69) is 50.3 Å². The number of halogens is 1. The summed E-state index contributed by atoms with van der Waals surface area (Å²) >= 11 is 6.25. The zero-order chi connectivity index (χ0) is 14.8. The van der Waals surface area contributed by atoms with Crippen molar-refractivity contribution in [3.8, 4) is 0 Å². The first-order chi connectivity index (χ1) is 9.44. The zero-order valence-electron chi connectivity index (χ0n) is 13.1. The largest absolute Gasteiger partial charge is 0.316 e. The van der Waals surface area contributed by atoms with E-state index in [-0.39, 0.29) is 0 Å². The Morgan fingerprint density at radius 2 is 2.05 bits per heavy atom. The summed E-state index contributed by atoms with van der Waals surface area (Å²) in [5, 5.41) is 4.40. The molecule has 1 aliphatic rings. The molecular weight excluding hydrogens is 268 g/mol. The molecule has 0 aromatic heterocycles. The predicted molar refractivity (Wildman–Crippen MR) is 87.1 cm³/mol. The maximum Gasteiger partial charge on any atom is 0.0451 e. The van der Waals surface area contributed by atoms with E-state index in [0.29, 0.717) is 11.5 Å². The number of nitrogens with zero attached hydrogens (tertiary/aromatic N) is 1. The van der Waals surface area contributed by atoms with Crippen LogP contribution in [0.4, 0.5) is 0 Å².